The predicted molar refractivity (Wildman–Crippen MR) is 103 cm³/mol. The van der Waals surface area contributed by atoms with Crippen LogP contribution in [0.4, 0.5) is 0 Å². The molecule has 0 atom stereocenters. The Balaban J connectivity index is 0.00000196. The van der Waals surface area contributed by atoms with Gasteiger partial charge in [0.25, 0.3) is 5.91 Å². The monoisotopic (exact) mass is 375 g/mol. The third-order valence-electron chi connectivity index (χ3n) is 5.13. The van der Waals surface area contributed by atoms with Gasteiger partial charge < -0.3 is 10.2 Å². The third kappa shape index (κ3) is 4.09. The van der Waals surface area contributed by atoms with Gasteiger partial charge in [0, 0.05) is 63.5 Å². The summed E-state index contributed by atoms with van der Waals surface area (Å²) in [5.41, 5.74) is 4.11. The fourth-order valence-corrected chi connectivity index (χ4v) is 3.73. The molecule has 2 aromatic rings. The van der Waals surface area contributed by atoms with E-state index in [1.807, 2.05) is 11.0 Å². The molecule has 6 nitrogen and oxygen atoms in total. The first-order valence-corrected chi connectivity index (χ1v) is 9.13. The summed E-state index contributed by atoms with van der Waals surface area (Å²) in [5, 5.41) is 10.7. The number of halogens is 1. The molecule has 0 saturated carbocycles. The molecule has 7 heteroatoms. The second-order valence-corrected chi connectivity index (χ2v) is 6.86. The van der Waals surface area contributed by atoms with Crippen molar-refractivity contribution >= 4 is 18.3 Å². The highest BCUT2D eigenvalue weighted by molar-refractivity contribution is 5.94. The van der Waals surface area contributed by atoms with Crippen molar-refractivity contribution in [3.8, 4) is 0 Å². The minimum absolute atomic E-state index is 0. The second kappa shape index (κ2) is 8.66. The number of benzene rings is 1. The lowest BCUT2D eigenvalue weighted by molar-refractivity contribution is 0.0754. The fourth-order valence-electron chi connectivity index (χ4n) is 3.73. The Bertz CT molecular complexity index is 733. The average molecular weight is 376 g/mol. The topological polar surface area (TPSA) is 64.3 Å². The zero-order valence-corrected chi connectivity index (χ0v) is 15.7. The Kier molecular flexibility index (Phi) is 6.29. The lowest BCUT2D eigenvalue weighted by Gasteiger charge is -2.22. The Hall–Kier alpha value is -1.89. The van der Waals surface area contributed by atoms with Crippen molar-refractivity contribution < 1.29 is 4.79 Å². The molecule has 2 N–H and O–H groups in total. The van der Waals surface area contributed by atoms with Crippen LogP contribution in [0.1, 0.15) is 33.7 Å². The molecule has 1 fully saturated rings. The number of carbonyl (C=O) groups is 1. The molecule has 2 aliphatic rings. The van der Waals surface area contributed by atoms with Crippen LogP contribution < -0.4 is 5.32 Å². The highest BCUT2D eigenvalue weighted by atomic mass is 35.5. The normalized spacial score (nSPS) is 17.9. The van der Waals surface area contributed by atoms with E-state index in [4.69, 9.17) is 0 Å². The lowest BCUT2D eigenvalue weighted by atomic mass is 10.1. The minimum Gasteiger partial charge on any atom is -0.336 e. The van der Waals surface area contributed by atoms with Gasteiger partial charge in [-0.15, -0.1) is 12.4 Å². The Morgan fingerprint density at radius 3 is 2.81 bits per heavy atom. The van der Waals surface area contributed by atoms with Crippen molar-refractivity contribution in [1.29, 1.82) is 0 Å². The van der Waals surface area contributed by atoms with Crippen molar-refractivity contribution in [2.75, 3.05) is 32.7 Å². The van der Waals surface area contributed by atoms with E-state index in [-0.39, 0.29) is 18.3 Å². The zero-order valence-electron chi connectivity index (χ0n) is 14.9. The maximum atomic E-state index is 12.9. The average Bonchev–Trinajstić information content (AvgIpc) is 2.95. The van der Waals surface area contributed by atoms with Crippen LogP contribution in [-0.4, -0.2) is 58.6 Å². The van der Waals surface area contributed by atoms with Gasteiger partial charge in [0.05, 0.1) is 0 Å². The summed E-state index contributed by atoms with van der Waals surface area (Å²) in [6.45, 7) is 6.14. The molecule has 0 radical (unpaired) electrons. The molecule has 0 bridgehead atoms. The molecular formula is C19H26ClN5O. The summed E-state index contributed by atoms with van der Waals surface area (Å²) < 4.78 is 0. The van der Waals surface area contributed by atoms with Crippen LogP contribution in [0.25, 0.3) is 0 Å². The summed E-state index contributed by atoms with van der Waals surface area (Å²) >= 11 is 0. The number of rotatable bonds is 3. The summed E-state index contributed by atoms with van der Waals surface area (Å²) in [4.78, 5) is 17.4. The SMILES string of the molecule is Cl.O=C(c1n[nH]c2c1CNCC2)N1CCCN(Cc2ccccc2)CC1. The van der Waals surface area contributed by atoms with Gasteiger partial charge in [-0.05, 0) is 12.0 Å². The molecule has 1 aromatic carbocycles. The number of nitrogens with zero attached hydrogens (tertiary/aromatic N) is 3. The van der Waals surface area contributed by atoms with Crippen molar-refractivity contribution in [1.82, 2.24) is 25.3 Å². The van der Waals surface area contributed by atoms with Gasteiger partial charge in [-0.1, -0.05) is 30.3 Å². The van der Waals surface area contributed by atoms with Crippen LogP contribution in [0.2, 0.25) is 0 Å². The van der Waals surface area contributed by atoms with E-state index in [9.17, 15) is 4.79 Å². The summed E-state index contributed by atoms with van der Waals surface area (Å²) in [6.07, 6.45) is 1.92. The van der Waals surface area contributed by atoms with Gasteiger partial charge in [-0.25, -0.2) is 0 Å². The van der Waals surface area contributed by atoms with Crippen LogP contribution in [0.3, 0.4) is 0 Å². The molecule has 1 aromatic heterocycles. The first-order valence-electron chi connectivity index (χ1n) is 9.13. The number of fused-ring (bicyclic) bond motifs is 1. The minimum atomic E-state index is 0. The van der Waals surface area contributed by atoms with E-state index < -0.39 is 0 Å². The fraction of sp³-hybridized carbons (Fsp3) is 0.474. The van der Waals surface area contributed by atoms with Gasteiger partial charge in [-0.2, -0.15) is 5.10 Å². The molecule has 0 spiro atoms. The number of aromatic amines is 1. The Morgan fingerprint density at radius 2 is 1.96 bits per heavy atom. The molecule has 2 aliphatic heterocycles. The zero-order chi connectivity index (χ0) is 17.1. The highest BCUT2D eigenvalue weighted by Crippen LogP contribution is 2.18. The van der Waals surface area contributed by atoms with Crippen LogP contribution in [0.5, 0.6) is 0 Å². The van der Waals surface area contributed by atoms with Crippen LogP contribution in [0, 0.1) is 0 Å². The van der Waals surface area contributed by atoms with E-state index in [2.05, 4.69) is 44.7 Å². The van der Waals surface area contributed by atoms with Crippen molar-refractivity contribution in [3.05, 3.63) is 52.8 Å². The van der Waals surface area contributed by atoms with Gasteiger partial charge in [0.1, 0.15) is 0 Å². The maximum absolute atomic E-state index is 12.9. The molecule has 3 heterocycles. The van der Waals surface area contributed by atoms with Gasteiger partial charge in [-0.3, -0.25) is 14.8 Å². The number of carbonyl (C=O) groups excluding carboxylic acids is 1. The van der Waals surface area contributed by atoms with Crippen molar-refractivity contribution in [3.63, 3.8) is 0 Å². The quantitative estimate of drug-likeness (QED) is 0.859. The van der Waals surface area contributed by atoms with Crippen LogP contribution in [0.15, 0.2) is 30.3 Å². The Labute approximate surface area is 160 Å². The predicted octanol–water partition coefficient (Wildman–Crippen LogP) is 1.83. The molecule has 0 aliphatic carbocycles. The van der Waals surface area contributed by atoms with Gasteiger partial charge in [0.15, 0.2) is 5.69 Å². The summed E-state index contributed by atoms with van der Waals surface area (Å²) in [5.74, 6) is 0.0720. The van der Waals surface area contributed by atoms with E-state index in [0.717, 1.165) is 69.9 Å². The molecule has 140 valence electrons. The first-order chi connectivity index (χ1) is 12.3. The second-order valence-electron chi connectivity index (χ2n) is 6.86. The van der Waals surface area contributed by atoms with Crippen molar-refractivity contribution in [2.45, 2.75) is 25.9 Å². The Morgan fingerprint density at radius 1 is 1.12 bits per heavy atom. The van der Waals surface area contributed by atoms with Crippen LogP contribution in [-0.2, 0) is 19.5 Å². The van der Waals surface area contributed by atoms with Gasteiger partial charge in [0.2, 0.25) is 0 Å². The smallest absolute Gasteiger partial charge is 0.274 e. The number of nitrogens with one attached hydrogen (secondary N) is 2. The number of aromatic nitrogens is 2. The maximum Gasteiger partial charge on any atom is 0.274 e. The van der Waals surface area contributed by atoms with E-state index >= 15 is 0 Å². The molecule has 1 saturated heterocycles. The molecule has 0 unspecified atom stereocenters. The largest absolute Gasteiger partial charge is 0.336 e. The molecule has 4 rings (SSSR count). The molecule has 1 amide bonds. The summed E-state index contributed by atoms with van der Waals surface area (Å²) in [7, 11) is 0. The van der Waals surface area contributed by atoms with E-state index in [1.54, 1.807) is 0 Å². The summed E-state index contributed by atoms with van der Waals surface area (Å²) in [6, 6.07) is 10.5. The number of H-pyrrole nitrogens is 1. The van der Waals surface area contributed by atoms with E-state index in [0.29, 0.717) is 5.69 Å². The van der Waals surface area contributed by atoms with Gasteiger partial charge >= 0.3 is 0 Å². The molecular weight excluding hydrogens is 350 g/mol. The van der Waals surface area contributed by atoms with Crippen molar-refractivity contribution in [2.24, 2.45) is 0 Å². The third-order valence-corrected chi connectivity index (χ3v) is 5.13. The number of hydrogen-bond donors (Lipinski definition) is 2. The standard InChI is InChI=1S/C19H25N5O.ClH/c25-19(18-16-13-20-8-7-17(16)21-22-18)24-10-4-9-23(11-12-24)14-15-5-2-1-3-6-15;/h1-3,5-6,20H,4,7-14H2,(H,21,22);1H. The first kappa shape index (κ1) is 18.9. The lowest BCUT2D eigenvalue weighted by Crippen LogP contribution is -2.36. The number of amides is 1. The number of hydrogen-bond acceptors (Lipinski definition) is 4. The van der Waals surface area contributed by atoms with E-state index in [1.165, 1.54) is 5.56 Å². The highest BCUT2D eigenvalue weighted by Gasteiger charge is 2.27. The van der Waals surface area contributed by atoms with Crippen LogP contribution >= 0.6 is 12.4 Å². The molecule has 26 heavy (non-hydrogen) atoms.